The highest BCUT2D eigenvalue weighted by Gasteiger charge is 2.26. The number of aryl methyl sites for hydroxylation is 3. The maximum Gasteiger partial charge on any atom is 0.264 e. The average molecular weight is 547 g/mol. The SMILES string of the molecule is Cc1ccc([C@@H](C)NC(=O)c2ccc(CN(c3cc(Cl)ccc3C)S(=O)(=O)c3ccccc3)cc2)c(C)c1. The van der Waals surface area contributed by atoms with E-state index in [1.54, 1.807) is 72.8 Å². The first-order valence-corrected chi connectivity index (χ1v) is 14.2. The fourth-order valence-corrected chi connectivity index (χ4v) is 6.16. The van der Waals surface area contributed by atoms with Gasteiger partial charge in [-0.2, -0.15) is 0 Å². The lowest BCUT2D eigenvalue weighted by molar-refractivity contribution is 0.0940. The summed E-state index contributed by atoms with van der Waals surface area (Å²) < 4.78 is 28.8. The third-order valence-corrected chi connectivity index (χ3v) is 8.56. The highest BCUT2D eigenvalue weighted by Crippen LogP contribution is 2.31. The molecule has 0 bridgehead atoms. The van der Waals surface area contributed by atoms with Gasteiger partial charge in [0.1, 0.15) is 0 Å². The fraction of sp³-hybridized carbons (Fsp3) is 0.194. The smallest absolute Gasteiger partial charge is 0.264 e. The number of amides is 1. The molecule has 0 saturated heterocycles. The normalized spacial score (nSPS) is 12.1. The van der Waals surface area contributed by atoms with Crippen LogP contribution in [0.4, 0.5) is 5.69 Å². The summed E-state index contributed by atoms with van der Waals surface area (Å²) in [6.45, 7) is 7.98. The Kier molecular flexibility index (Phi) is 8.24. The second-order valence-corrected chi connectivity index (χ2v) is 11.8. The first-order chi connectivity index (χ1) is 18.1. The molecule has 0 unspecified atom stereocenters. The topological polar surface area (TPSA) is 66.5 Å². The van der Waals surface area contributed by atoms with E-state index >= 15 is 0 Å². The van der Waals surface area contributed by atoms with Crippen LogP contribution in [0.2, 0.25) is 5.02 Å². The number of rotatable bonds is 8. The zero-order valence-corrected chi connectivity index (χ0v) is 23.5. The molecule has 0 heterocycles. The maximum atomic E-state index is 13.7. The zero-order valence-electron chi connectivity index (χ0n) is 21.9. The third-order valence-electron chi connectivity index (χ3n) is 6.55. The van der Waals surface area contributed by atoms with Crippen molar-refractivity contribution in [2.45, 2.75) is 45.2 Å². The summed E-state index contributed by atoms with van der Waals surface area (Å²) >= 11 is 6.25. The van der Waals surface area contributed by atoms with Crippen LogP contribution in [-0.4, -0.2) is 14.3 Å². The van der Waals surface area contributed by atoms with Crippen LogP contribution in [0.25, 0.3) is 0 Å². The molecule has 5 nitrogen and oxygen atoms in total. The molecule has 7 heteroatoms. The second-order valence-electron chi connectivity index (χ2n) is 9.51. The lowest BCUT2D eigenvalue weighted by Gasteiger charge is -2.26. The minimum atomic E-state index is -3.88. The molecular formula is C31H31ClN2O3S. The molecule has 4 aromatic carbocycles. The van der Waals surface area contributed by atoms with Crippen molar-refractivity contribution in [1.29, 1.82) is 0 Å². The Morgan fingerprint density at radius 3 is 2.21 bits per heavy atom. The highest BCUT2D eigenvalue weighted by atomic mass is 35.5. The minimum absolute atomic E-state index is 0.0826. The predicted octanol–water partition coefficient (Wildman–Crippen LogP) is 7.15. The van der Waals surface area contributed by atoms with E-state index in [4.69, 9.17) is 11.6 Å². The fourth-order valence-electron chi connectivity index (χ4n) is 4.47. The minimum Gasteiger partial charge on any atom is -0.346 e. The van der Waals surface area contributed by atoms with Crippen molar-refractivity contribution in [3.8, 4) is 0 Å². The molecule has 38 heavy (non-hydrogen) atoms. The summed E-state index contributed by atoms with van der Waals surface area (Å²) in [4.78, 5) is 13.1. The van der Waals surface area contributed by atoms with Crippen LogP contribution in [0, 0.1) is 20.8 Å². The molecule has 0 aliphatic rings. The first-order valence-electron chi connectivity index (χ1n) is 12.4. The van der Waals surface area contributed by atoms with E-state index in [2.05, 4.69) is 11.4 Å². The molecule has 0 radical (unpaired) electrons. The number of benzene rings is 4. The molecule has 0 aromatic heterocycles. The third kappa shape index (κ3) is 6.09. The van der Waals surface area contributed by atoms with E-state index in [1.807, 2.05) is 39.8 Å². The van der Waals surface area contributed by atoms with Crippen molar-refractivity contribution in [2.24, 2.45) is 0 Å². The molecular weight excluding hydrogens is 516 g/mol. The van der Waals surface area contributed by atoms with Gasteiger partial charge in [-0.3, -0.25) is 9.10 Å². The number of sulfonamides is 1. The van der Waals surface area contributed by atoms with E-state index in [9.17, 15) is 13.2 Å². The van der Waals surface area contributed by atoms with Crippen molar-refractivity contribution >= 4 is 33.2 Å². The molecule has 0 saturated carbocycles. The van der Waals surface area contributed by atoms with Crippen molar-refractivity contribution in [3.63, 3.8) is 0 Å². The molecule has 0 fully saturated rings. The van der Waals surface area contributed by atoms with Crippen molar-refractivity contribution in [2.75, 3.05) is 4.31 Å². The van der Waals surface area contributed by atoms with Gasteiger partial charge in [0.25, 0.3) is 15.9 Å². The summed E-state index contributed by atoms with van der Waals surface area (Å²) in [7, 11) is -3.88. The number of hydrogen-bond donors (Lipinski definition) is 1. The van der Waals surface area contributed by atoms with Crippen molar-refractivity contribution in [3.05, 3.63) is 129 Å². The average Bonchev–Trinajstić information content (AvgIpc) is 2.89. The van der Waals surface area contributed by atoms with E-state index in [1.165, 1.54) is 9.87 Å². The number of carbonyl (C=O) groups is 1. The molecule has 1 N–H and O–H groups in total. The van der Waals surface area contributed by atoms with Gasteiger partial charge in [-0.25, -0.2) is 8.42 Å². The summed E-state index contributed by atoms with van der Waals surface area (Å²) in [5, 5.41) is 3.51. The van der Waals surface area contributed by atoms with Gasteiger partial charge >= 0.3 is 0 Å². The zero-order chi connectivity index (χ0) is 27.4. The van der Waals surface area contributed by atoms with Gasteiger partial charge < -0.3 is 5.32 Å². The van der Waals surface area contributed by atoms with Gasteiger partial charge in [0.15, 0.2) is 0 Å². The van der Waals surface area contributed by atoms with Crippen molar-refractivity contribution in [1.82, 2.24) is 5.32 Å². The Labute approximate surface area is 230 Å². The number of halogens is 1. The van der Waals surface area contributed by atoms with E-state index in [0.717, 1.165) is 22.3 Å². The number of carbonyl (C=O) groups excluding carboxylic acids is 1. The summed E-state index contributed by atoms with van der Waals surface area (Å²) in [5.74, 6) is -0.191. The molecule has 0 aliphatic heterocycles. The van der Waals surface area contributed by atoms with Gasteiger partial charge in [0.05, 0.1) is 23.2 Å². The predicted molar refractivity (Wildman–Crippen MR) is 154 cm³/mol. The molecule has 196 valence electrons. The van der Waals surface area contributed by atoms with E-state index < -0.39 is 10.0 Å². The number of nitrogens with one attached hydrogen (secondary N) is 1. The second kappa shape index (κ2) is 11.4. The van der Waals surface area contributed by atoms with Crippen LogP contribution in [0.5, 0.6) is 0 Å². The Morgan fingerprint density at radius 2 is 1.55 bits per heavy atom. The van der Waals surface area contributed by atoms with Crippen LogP contribution >= 0.6 is 11.6 Å². The van der Waals surface area contributed by atoms with Crippen LogP contribution in [0.15, 0.2) is 95.9 Å². The van der Waals surface area contributed by atoms with E-state index in [-0.39, 0.29) is 23.4 Å². The summed E-state index contributed by atoms with van der Waals surface area (Å²) in [6, 6.07) is 26.5. The van der Waals surface area contributed by atoms with Crippen LogP contribution in [0.3, 0.4) is 0 Å². The Bertz CT molecular complexity index is 1550. The molecule has 4 aromatic rings. The maximum absolute atomic E-state index is 13.7. The Balaban J connectivity index is 1.59. The van der Waals surface area contributed by atoms with Gasteiger partial charge in [-0.15, -0.1) is 0 Å². The lowest BCUT2D eigenvalue weighted by atomic mass is 10.00. The molecule has 4 rings (SSSR count). The van der Waals surface area contributed by atoms with Gasteiger partial charge in [0.2, 0.25) is 0 Å². The quantitative estimate of drug-likeness (QED) is 0.255. The molecule has 1 atom stereocenters. The van der Waals surface area contributed by atoms with Gasteiger partial charge in [0, 0.05) is 10.6 Å². The van der Waals surface area contributed by atoms with Crippen LogP contribution in [0.1, 0.15) is 51.1 Å². The highest BCUT2D eigenvalue weighted by molar-refractivity contribution is 7.92. The summed E-state index contributed by atoms with van der Waals surface area (Å²) in [5.41, 5.74) is 5.90. The van der Waals surface area contributed by atoms with Crippen LogP contribution < -0.4 is 9.62 Å². The Morgan fingerprint density at radius 1 is 0.868 bits per heavy atom. The number of nitrogens with zero attached hydrogens (tertiary/aromatic N) is 1. The van der Waals surface area contributed by atoms with E-state index in [0.29, 0.717) is 16.3 Å². The number of anilines is 1. The van der Waals surface area contributed by atoms with Crippen molar-refractivity contribution < 1.29 is 13.2 Å². The molecule has 0 aliphatic carbocycles. The van der Waals surface area contributed by atoms with Gasteiger partial charge in [-0.05, 0) is 86.3 Å². The summed E-state index contributed by atoms with van der Waals surface area (Å²) in [6.07, 6.45) is 0. The largest absolute Gasteiger partial charge is 0.346 e. The lowest BCUT2D eigenvalue weighted by Crippen LogP contribution is -2.31. The monoisotopic (exact) mass is 546 g/mol. The standard InChI is InChI=1S/C31H31ClN2O3S/c1-21-10-17-29(23(3)18-21)24(4)33-31(35)26-14-12-25(13-15-26)20-34(30-19-27(32)16-11-22(30)2)38(36,37)28-8-6-5-7-9-28/h5-19,24H,20H2,1-4H3,(H,33,35)/t24-/m1/s1. The Hall–Kier alpha value is -3.61. The first kappa shape index (κ1) is 27.4. The number of hydrogen-bond acceptors (Lipinski definition) is 3. The van der Waals surface area contributed by atoms with Gasteiger partial charge in [-0.1, -0.05) is 71.8 Å². The van der Waals surface area contributed by atoms with Crippen LogP contribution in [-0.2, 0) is 16.6 Å². The molecule has 1 amide bonds. The molecule has 0 spiro atoms.